The Hall–Kier alpha value is -2.21. The van der Waals surface area contributed by atoms with E-state index in [-0.39, 0.29) is 12.5 Å². The van der Waals surface area contributed by atoms with Gasteiger partial charge in [0.05, 0.1) is 6.54 Å². The van der Waals surface area contributed by atoms with Gasteiger partial charge in [0, 0.05) is 10.0 Å². The van der Waals surface area contributed by atoms with E-state index < -0.39 is 17.4 Å². The van der Waals surface area contributed by atoms with Crippen molar-refractivity contribution in [3.05, 3.63) is 69.4 Å². The number of benzene rings is 2. The van der Waals surface area contributed by atoms with Crippen LogP contribution in [0.2, 0.25) is 0 Å². The van der Waals surface area contributed by atoms with Gasteiger partial charge in [-0.3, -0.25) is 9.69 Å². The third-order valence-electron chi connectivity index (χ3n) is 4.99. The summed E-state index contributed by atoms with van der Waals surface area (Å²) in [5, 5.41) is 2.88. The van der Waals surface area contributed by atoms with Crippen molar-refractivity contribution in [1.82, 2.24) is 10.2 Å². The van der Waals surface area contributed by atoms with E-state index in [1.165, 1.54) is 6.07 Å². The van der Waals surface area contributed by atoms with Crippen molar-refractivity contribution < 1.29 is 14.0 Å². The van der Waals surface area contributed by atoms with Gasteiger partial charge < -0.3 is 5.32 Å². The standard InChI is InChI=1S/C19H16BrFN2O2/c20-14-8-7-13(16(21)10-14)11-23-17(24)19(22-18(23)25)9-3-5-12-4-1-2-6-15(12)19/h1-2,4,6-8,10H,3,5,9,11H2,(H,22,25)/t19-/m0/s1. The molecule has 128 valence electrons. The molecule has 1 spiro atoms. The Morgan fingerprint density at radius 2 is 2.00 bits per heavy atom. The minimum absolute atomic E-state index is 0.0757. The summed E-state index contributed by atoms with van der Waals surface area (Å²) in [4.78, 5) is 26.8. The second-order valence-electron chi connectivity index (χ2n) is 6.47. The van der Waals surface area contributed by atoms with Crippen LogP contribution >= 0.6 is 15.9 Å². The highest BCUT2D eigenvalue weighted by Gasteiger charge is 2.53. The average molecular weight is 403 g/mol. The van der Waals surface area contributed by atoms with Gasteiger partial charge in [-0.1, -0.05) is 46.3 Å². The maximum atomic E-state index is 14.1. The second-order valence-corrected chi connectivity index (χ2v) is 7.39. The van der Waals surface area contributed by atoms with Crippen LogP contribution in [0.4, 0.5) is 9.18 Å². The molecule has 2 aliphatic rings. The van der Waals surface area contributed by atoms with Gasteiger partial charge in [-0.2, -0.15) is 0 Å². The first-order valence-electron chi connectivity index (χ1n) is 8.18. The maximum absolute atomic E-state index is 14.1. The fourth-order valence-electron chi connectivity index (χ4n) is 3.78. The number of nitrogens with one attached hydrogen (secondary N) is 1. The number of nitrogens with zero attached hydrogens (tertiary/aromatic N) is 1. The summed E-state index contributed by atoms with van der Waals surface area (Å²) in [5.41, 5.74) is 1.24. The lowest BCUT2D eigenvalue weighted by Gasteiger charge is -2.33. The molecular formula is C19H16BrFN2O2. The van der Waals surface area contributed by atoms with E-state index in [9.17, 15) is 14.0 Å². The number of halogens is 2. The molecule has 1 fully saturated rings. The lowest BCUT2D eigenvalue weighted by atomic mass is 9.76. The molecule has 2 aromatic rings. The average Bonchev–Trinajstić information content (AvgIpc) is 2.82. The Bertz CT molecular complexity index is 885. The van der Waals surface area contributed by atoms with Crippen LogP contribution in [-0.4, -0.2) is 16.8 Å². The zero-order valence-corrected chi connectivity index (χ0v) is 15.0. The van der Waals surface area contributed by atoms with Crippen molar-refractivity contribution in [2.24, 2.45) is 0 Å². The van der Waals surface area contributed by atoms with Crippen molar-refractivity contribution >= 4 is 27.9 Å². The van der Waals surface area contributed by atoms with Crippen molar-refractivity contribution in [2.45, 2.75) is 31.3 Å². The molecule has 4 nitrogen and oxygen atoms in total. The van der Waals surface area contributed by atoms with Gasteiger partial charge in [0.2, 0.25) is 0 Å². The second kappa shape index (κ2) is 5.95. The first kappa shape index (κ1) is 16.3. The molecule has 3 amide bonds. The minimum atomic E-state index is -1.02. The van der Waals surface area contributed by atoms with Gasteiger partial charge in [0.25, 0.3) is 5.91 Å². The molecule has 1 saturated heterocycles. The number of fused-ring (bicyclic) bond motifs is 2. The molecular weight excluding hydrogens is 387 g/mol. The van der Waals surface area contributed by atoms with Crippen molar-refractivity contribution in [2.75, 3.05) is 0 Å². The van der Waals surface area contributed by atoms with Crippen LogP contribution in [0.15, 0.2) is 46.9 Å². The lowest BCUT2D eigenvalue weighted by molar-refractivity contribution is -0.132. The largest absolute Gasteiger partial charge is 0.325 e. The fourth-order valence-corrected chi connectivity index (χ4v) is 4.11. The summed E-state index contributed by atoms with van der Waals surface area (Å²) < 4.78 is 14.7. The summed E-state index contributed by atoms with van der Waals surface area (Å²) in [7, 11) is 0. The van der Waals surface area contributed by atoms with Gasteiger partial charge in [-0.25, -0.2) is 9.18 Å². The van der Waals surface area contributed by atoms with E-state index >= 15 is 0 Å². The number of carbonyl (C=O) groups excluding carboxylic acids is 2. The van der Waals surface area contributed by atoms with E-state index in [0.717, 1.165) is 28.9 Å². The van der Waals surface area contributed by atoms with Crippen molar-refractivity contribution in [1.29, 1.82) is 0 Å². The number of hydrogen-bond donors (Lipinski definition) is 1. The predicted molar refractivity (Wildman–Crippen MR) is 94.2 cm³/mol. The third kappa shape index (κ3) is 2.56. The Balaban J connectivity index is 1.70. The molecule has 0 saturated carbocycles. The summed E-state index contributed by atoms with van der Waals surface area (Å²) >= 11 is 3.21. The first-order chi connectivity index (χ1) is 12.0. The SMILES string of the molecule is O=C1N[C@]2(CCCc3ccccc32)C(=O)N1Cc1ccc(Br)cc1F. The van der Waals surface area contributed by atoms with Gasteiger partial charge in [-0.15, -0.1) is 0 Å². The maximum Gasteiger partial charge on any atom is 0.325 e. The highest BCUT2D eigenvalue weighted by molar-refractivity contribution is 9.10. The number of amides is 3. The highest BCUT2D eigenvalue weighted by Crippen LogP contribution is 2.40. The third-order valence-corrected chi connectivity index (χ3v) is 5.49. The fraction of sp³-hybridized carbons (Fsp3) is 0.263. The quantitative estimate of drug-likeness (QED) is 0.775. The van der Waals surface area contributed by atoms with Crippen LogP contribution in [0.1, 0.15) is 29.5 Å². The van der Waals surface area contributed by atoms with Crippen LogP contribution < -0.4 is 5.32 Å². The van der Waals surface area contributed by atoms with Crippen molar-refractivity contribution in [3.8, 4) is 0 Å². The molecule has 0 unspecified atom stereocenters. The monoisotopic (exact) mass is 402 g/mol. The molecule has 0 bridgehead atoms. The van der Waals surface area contributed by atoms with Crippen LogP contribution in [-0.2, 0) is 23.3 Å². The molecule has 1 heterocycles. The minimum Gasteiger partial charge on any atom is -0.319 e. The number of urea groups is 1. The Morgan fingerprint density at radius 3 is 2.80 bits per heavy atom. The smallest absolute Gasteiger partial charge is 0.319 e. The highest BCUT2D eigenvalue weighted by atomic mass is 79.9. The summed E-state index contributed by atoms with van der Waals surface area (Å²) in [6.07, 6.45) is 2.28. The van der Waals surface area contributed by atoms with Crippen molar-refractivity contribution in [3.63, 3.8) is 0 Å². The van der Waals surface area contributed by atoms with Crippen LogP contribution in [0.5, 0.6) is 0 Å². The molecule has 6 heteroatoms. The zero-order chi connectivity index (χ0) is 17.6. The molecule has 1 atom stereocenters. The van der Waals surface area contributed by atoms with E-state index in [1.807, 2.05) is 24.3 Å². The Labute approximate surface area is 153 Å². The van der Waals surface area contributed by atoms with Crippen LogP contribution in [0.3, 0.4) is 0 Å². The Kier molecular flexibility index (Phi) is 3.87. The van der Waals surface area contributed by atoms with E-state index in [4.69, 9.17) is 0 Å². The molecule has 1 aliphatic carbocycles. The van der Waals surface area contributed by atoms with E-state index in [2.05, 4.69) is 21.2 Å². The lowest BCUT2D eigenvalue weighted by Crippen LogP contribution is -2.46. The number of imide groups is 1. The summed E-state index contributed by atoms with van der Waals surface area (Å²) in [5.74, 6) is -0.744. The summed E-state index contributed by atoms with van der Waals surface area (Å²) in [6, 6.07) is 11.9. The van der Waals surface area contributed by atoms with Crippen LogP contribution in [0.25, 0.3) is 0 Å². The van der Waals surface area contributed by atoms with Gasteiger partial charge in [0.1, 0.15) is 11.4 Å². The summed E-state index contributed by atoms with van der Waals surface area (Å²) in [6.45, 7) is -0.0757. The molecule has 1 N–H and O–H groups in total. The molecule has 0 radical (unpaired) electrons. The molecule has 2 aromatic carbocycles. The van der Waals surface area contributed by atoms with E-state index in [0.29, 0.717) is 16.5 Å². The topological polar surface area (TPSA) is 49.4 Å². The van der Waals surface area contributed by atoms with Crippen LogP contribution in [0, 0.1) is 5.82 Å². The molecule has 1 aliphatic heterocycles. The zero-order valence-electron chi connectivity index (χ0n) is 13.4. The van der Waals surface area contributed by atoms with E-state index in [1.54, 1.807) is 12.1 Å². The van der Waals surface area contributed by atoms with Gasteiger partial charge >= 0.3 is 6.03 Å². The molecule has 0 aromatic heterocycles. The van der Waals surface area contributed by atoms with Gasteiger partial charge in [0.15, 0.2) is 0 Å². The number of carbonyl (C=O) groups is 2. The first-order valence-corrected chi connectivity index (χ1v) is 8.97. The number of hydrogen-bond acceptors (Lipinski definition) is 2. The normalized spacial score (nSPS) is 22.2. The molecule has 25 heavy (non-hydrogen) atoms. The molecule has 4 rings (SSSR count). The number of rotatable bonds is 2. The predicted octanol–water partition coefficient (Wildman–Crippen LogP) is 3.87. The number of aryl methyl sites for hydroxylation is 1. The Morgan fingerprint density at radius 1 is 1.20 bits per heavy atom. The van der Waals surface area contributed by atoms with Gasteiger partial charge in [-0.05, 0) is 42.5 Å².